The van der Waals surface area contributed by atoms with E-state index in [0.717, 1.165) is 0 Å². The first kappa shape index (κ1) is 17.6. The van der Waals surface area contributed by atoms with Gasteiger partial charge < -0.3 is 9.80 Å². The van der Waals surface area contributed by atoms with Crippen LogP contribution in [-0.4, -0.2) is 6.17 Å². The van der Waals surface area contributed by atoms with E-state index in [9.17, 15) is 0 Å². The third-order valence-electron chi connectivity index (χ3n) is 4.98. The maximum absolute atomic E-state index is 2.45. The summed E-state index contributed by atoms with van der Waals surface area (Å²) < 4.78 is 0. The molecule has 0 aromatic heterocycles. The number of hydrogen-bond donors (Lipinski definition) is 0. The van der Waals surface area contributed by atoms with Gasteiger partial charge in [0.1, 0.15) is 6.17 Å². The van der Waals surface area contributed by atoms with Gasteiger partial charge in [-0.3, -0.25) is 0 Å². The van der Waals surface area contributed by atoms with E-state index in [0.29, 0.717) is 0 Å². The maximum atomic E-state index is 2.45. The minimum absolute atomic E-state index is 0.0928. The lowest BCUT2D eigenvalue weighted by molar-refractivity contribution is 0.326. The van der Waals surface area contributed by atoms with Crippen LogP contribution in [0.25, 0.3) is 0 Å². The summed E-state index contributed by atoms with van der Waals surface area (Å²) in [5.41, 5.74) is 8.01. The topological polar surface area (TPSA) is 6.48 Å². The molecule has 0 radical (unpaired) electrons. The van der Waals surface area contributed by atoms with Crippen LogP contribution >= 0.6 is 0 Å². The predicted octanol–water partition coefficient (Wildman–Crippen LogP) is 6.09. The van der Waals surface area contributed by atoms with Gasteiger partial charge in [-0.25, -0.2) is 0 Å². The molecule has 2 aromatic carbocycles. The number of para-hydroxylation sites is 1. The molecule has 0 saturated carbocycles. The molecule has 0 N–H and O–H groups in total. The second-order valence-electron chi connectivity index (χ2n) is 8.39. The summed E-state index contributed by atoms with van der Waals surface area (Å²) in [5.74, 6) is 0. The fraction of sp³-hybridized carbons (Fsp3) is 0.391. The number of nitrogens with zero attached hydrogens (tertiary/aromatic N) is 2. The number of aryl methyl sites for hydroxylation is 4. The highest BCUT2D eigenvalue weighted by atomic mass is 15.4. The van der Waals surface area contributed by atoms with Crippen molar-refractivity contribution in [1.82, 2.24) is 0 Å². The molecular formula is C23H30N2. The first-order valence-electron chi connectivity index (χ1n) is 9.08. The number of benzene rings is 2. The molecule has 1 aliphatic heterocycles. The second kappa shape index (κ2) is 6.25. The molecule has 1 aliphatic rings. The molecule has 2 aromatic rings. The lowest BCUT2D eigenvalue weighted by atomic mass is 9.89. The van der Waals surface area contributed by atoms with E-state index in [-0.39, 0.29) is 11.6 Å². The highest BCUT2D eigenvalue weighted by Gasteiger charge is 2.39. The number of rotatable bonds is 2. The monoisotopic (exact) mass is 334 g/mol. The van der Waals surface area contributed by atoms with Crippen LogP contribution in [0.4, 0.5) is 11.4 Å². The van der Waals surface area contributed by atoms with Gasteiger partial charge in [0.2, 0.25) is 0 Å². The van der Waals surface area contributed by atoms with Gasteiger partial charge in [-0.2, -0.15) is 0 Å². The first-order valence-corrected chi connectivity index (χ1v) is 9.08. The molecule has 1 atom stereocenters. The van der Waals surface area contributed by atoms with Gasteiger partial charge in [0, 0.05) is 29.2 Å². The minimum atomic E-state index is 0.0928. The molecule has 2 heteroatoms. The lowest BCUT2D eigenvalue weighted by Crippen LogP contribution is -2.48. The van der Waals surface area contributed by atoms with Gasteiger partial charge in [0.15, 0.2) is 0 Å². The van der Waals surface area contributed by atoms with Crippen LogP contribution in [0.5, 0.6) is 0 Å². The van der Waals surface area contributed by atoms with Crippen molar-refractivity contribution in [3.63, 3.8) is 0 Å². The fourth-order valence-electron chi connectivity index (χ4n) is 4.12. The number of hydrogen-bond acceptors (Lipinski definition) is 2. The van der Waals surface area contributed by atoms with Crippen molar-refractivity contribution in [3.05, 3.63) is 71.1 Å². The Morgan fingerprint density at radius 2 is 1.32 bits per heavy atom. The molecule has 0 unspecified atom stereocenters. The Balaban J connectivity index is 2.11. The van der Waals surface area contributed by atoms with Gasteiger partial charge in [-0.05, 0) is 50.5 Å². The van der Waals surface area contributed by atoms with Crippen molar-refractivity contribution in [2.45, 2.75) is 54.6 Å². The molecule has 0 saturated heterocycles. The van der Waals surface area contributed by atoms with E-state index in [4.69, 9.17) is 0 Å². The van der Waals surface area contributed by atoms with Gasteiger partial charge in [-0.15, -0.1) is 0 Å². The third kappa shape index (κ3) is 3.18. The quantitative estimate of drug-likeness (QED) is 0.655. The van der Waals surface area contributed by atoms with Crippen molar-refractivity contribution in [2.24, 2.45) is 5.41 Å². The van der Waals surface area contributed by atoms with E-state index in [1.165, 1.54) is 33.6 Å². The van der Waals surface area contributed by atoms with Crippen molar-refractivity contribution < 1.29 is 0 Å². The largest absolute Gasteiger partial charge is 0.325 e. The summed E-state index contributed by atoms with van der Waals surface area (Å²) in [6, 6.07) is 13.2. The highest BCUT2D eigenvalue weighted by Crippen LogP contribution is 2.41. The Bertz CT molecular complexity index is 788. The Morgan fingerprint density at radius 1 is 0.760 bits per heavy atom. The van der Waals surface area contributed by atoms with Crippen LogP contribution in [-0.2, 0) is 0 Å². The fourth-order valence-corrected chi connectivity index (χ4v) is 4.12. The van der Waals surface area contributed by atoms with Gasteiger partial charge in [0.05, 0.1) is 0 Å². The van der Waals surface area contributed by atoms with E-state index in [2.05, 4.69) is 107 Å². The molecule has 3 rings (SSSR count). The summed E-state index contributed by atoms with van der Waals surface area (Å²) in [5, 5.41) is 0. The van der Waals surface area contributed by atoms with E-state index >= 15 is 0 Å². The summed E-state index contributed by atoms with van der Waals surface area (Å²) >= 11 is 0. The van der Waals surface area contributed by atoms with E-state index < -0.39 is 0 Å². The van der Waals surface area contributed by atoms with Crippen LogP contribution in [0.2, 0.25) is 0 Å². The Kier molecular flexibility index (Phi) is 4.40. The predicted molar refractivity (Wildman–Crippen MR) is 109 cm³/mol. The second-order valence-corrected chi connectivity index (χ2v) is 8.39. The van der Waals surface area contributed by atoms with Crippen LogP contribution in [0.15, 0.2) is 48.8 Å². The van der Waals surface area contributed by atoms with Gasteiger partial charge in [-0.1, -0.05) is 56.7 Å². The van der Waals surface area contributed by atoms with E-state index in [1.54, 1.807) is 0 Å². The molecule has 2 nitrogen and oxygen atoms in total. The van der Waals surface area contributed by atoms with Crippen molar-refractivity contribution in [2.75, 3.05) is 9.80 Å². The molecule has 132 valence electrons. The summed E-state index contributed by atoms with van der Waals surface area (Å²) in [4.78, 5) is 4.88. The smallest absolute Gasteiger partial charge is 0.115 e. The normalized spacial score (nSPS) is 17.5. The minimum Gasteiger partial charge on any atom is -0.325 e. The Labute approximate surface area is 152 Å². The molecule has 0 amide bonds. The van der Waals surface area contributed by atoms with Gasteiger partial charge >= 0.3 is 0 Å². The van der Waals surface area contributed by atoms with Crippen LogP contribution < -0.4 is 9.80 Å². The van der Waals surface area contributed by atoms with Crippen molar-refractivity contribution >= 4 is 11.4 Å². The molecule has 1 heterocycles. The van der Waals surface area contributed by atoms with E-state index in [1.807, 2.05) is 0 Å². The molecule has 0 spiro atoms. The zero-order valence-corrected chi connectivity index (χ0v) is 16.6. The van der Waals surface area contributed by atoms with Crippen LogP contribution in [0.3, 0.4) is 0 Å². The average molecular weight is 335 g/mol. The summed E-state index contributed by atoms with van der Waals surface area (Å²) in [6.45, 7) is 15.8. The average Bonchev–Trinajstić information content (AvgIpc) is 2.91. The zero-order chi connectivity index (χ0) is 18.4. The van der Waals surface area contributed by atoms with Gasteiger partial charge in [0.25, 0.3) is 0 Å². The lowest BCUT2D eigenvalue weighted by Gasteiger charge is -2.42. The standard InChI is InChI=1S/C23H30N2/c1-16-14-18(3)21(19(4)15-16)25-13-12-24(22(25)23(5,6)7)20-11-9-8-10-17(20)2/h8-15,22H,1-7H3/t22-/m1/s1. The first-order chi connectivity index (χ1) is 11.7. The number of anilines is 2. The third-order valence-corrected chi connectivity index (χ3v) is 4.98. The van der Waals surface area contributed by atoms with Crippen molar-refractivity contribution in [3.8, 4) is 0 Å². The summed E-state index contributed by atoms with van der Waals surface area (Å²) in [7, 11) is 0. The SMILES string of the molecule is Cc1cc(C)c(N2C=CN(c3ccccc3C)[C@H]2C(C)(C)C)c(C)c1. The van der Waals surface area contributed by atoms with Crippen LogP contribution in [0, 0.1) is 33.1 Å². The molecule has 0 aliphatic carbocycles. The molecule has 25 heavy (non-hydrogen) atoms. The molecule has 0 bridgehead atoms. The summed E-state index contributed by atoms with van der Waals surface area (Å²) in [6.07, 6.45) is 4.72. The molecular weight excluding hydrogens is 304 g/mol. The van der Waals surface area contributed by atoms with Crippen molar-refractivity contribution in [1.29, 1.82) is 0 Å². The highest BCUT2D eigenvalue weighted by molar-refractivity contribution is 5.69. The Hall–Kier alpha value is -2.22. The zero-order valence-electron chi connectivity index (χ0n) is 16.6. The maximum Gasteiger partial charge on any atom is 0.115 e. The Morgan fingerprint density at radius 3 is 1.88 bits per heavy atom. The van der Waals surface area contributed by atoms with Crippen LogP contribution in [0.1, 0.15) is 43.0 Å². The molecule has 0 fully saturated rings.